The second-order valence-electron chi connectivity index (χ2n) is 11.4. The van der Waals surface area contributed by atoms with Gasteiger partial charge in [0.25, 0.3) is 0 Å². The summed E-state index contributed by atoms with van der Waals surface area (Å²) in [5, 5.41) is 47.1. The molecule has 0 saturated heterocycles. The summed E-state index contributed by atoms with van der Waals surface area (Å²) >= 11 is 0. The van der Waals surface area contributed by atoms with Crippen molar-refractivity contribution >= 4 is 47.1 Å². The van der Waals surface area contributed by atoms with Crippen LogP contribution < -0.4 is 21.2 Å². The van der Waals surface area contributed by atoms with Crippen LogP contribution in [0.5, 0.6) is 0 Å². The second-order valence-corrected chi connectivity index (χ2v) is 17.0. The van der Waals surface area contributed by atoms with E-state index in [-0.39, 0.29) is 69.3 Å². The summed E-state index contributed by atoms with van der Waals surface area (Å²) in [5.41, 5.74) is 1.19. The number of carbonyl (C=O) groups is 2. The van der Waals surface area contributed by atoms with E-state index < -0.39 is 29.5 Å². The fraction of sp³-hybridized carbons (Fsp3) is 0.0500. The molecule has 0 saturated carbocycles. The molecule has 60 heavy (non-hydrogen) atoms. The molecule has 0 aromatic heterocycles. The van der Waals surface area contributed by atoms with E-state index in [2.05, 4.69) is 0 Å². The third-order valence-electron chi connectivity index (χ3n) is 7.62. The van der Waals surface area contributed by atoms with E-state index in [1.807, 2.05) is 158 Å². The zero-order valence-electron chi connectivity index (χ0n) is 31.2. The van der Waals surface area contributed by atoms with E-state index in [1.165, 1.54) is 0 Å². The normalized spacial score (nSPS) is 9.73. The molecule has 313 valence electrons. The number of rotatable bonds is 10. The monoisotopic (exact) mass is 1000 g/mol. The molecule has 0 bridgehead atoms. The Bertz CT molecular complexity index is 2030. The maximum Gasteiger partial charge on any atom is 3.00 e. The first kappa shape index (κ1) is 54.0. The Morgan fingerprint density at radius 3 is 0.683 bits per heavy atom. The summed E-state index contributed by atoms with van der Waals surface area (Å²) in [7, 11) is -5.99. The maximum absolute atomic E-state index is 13.8. The van der Waals surface area contributed by atoms with Crippen LogP contribution in [0.15, 0.2) is 182 Å². The molecule has 6 rings (SSSR count). The number of nitrogens with zero attached hydrogens (tertiary/aromatic N) is 3. The largest absolute Gasteiger partial charge is 3.00 e. The molecule has 0 aliphatic carbocycles. The van der Waals surface area contributed by atoms with E-state index in [0.717, 1.165) is 21.2 Å². The SMILES string of the molecule is O=C(CP(=O)(c1ccccc1)c1ccccc1)c1ccccc1.O=C(CP(=O)(c1ccccc1)c1ccccc1)c1ccccc1.O=[N+]([O-])[O-].O=[N+]([O-])[O-].O=[N+]([O-])[O-].[Gd+3].[OH3+]. The first-order valence-corrected chi connectivity index (χ1v) is 20.4. The first-order valence-electron chi connectivity index (χ1n) is 16.6. The standard InChI is InChI=1S/2C20H17O2P.Gd.3NO3.H2O/c2*21-20(17-10-4-1-5-11-17)16-23(22,18-12-6-2-7-13-18)19-14-8-3-9-15-19;;3*2-1(3)4;/h2*1-15H,16H2;;;;;1H2/q;;+3;3*-1;/p+1. The van der Waals surface area contributed by atoms with Gasteiger partial charge >= 0.3 is 39.9 Å². The molecule has 0 heterocycles. The van der Waals surface area contributed by atoms with Gasteiger partial charge < -0.3 is 60.6 Å². The van der Waals surface area contributed by atoms with E-state index in [0.29, 0.717) is 11.1 Å². The molecule has 0 aliphatic heterocycles. The molecule has 0 aliphatic rings. The van der Waals surface area contributed by atoms with Crippen molar-refractivity contribution in [1.82, 2.24) is 0 Å². The fourth-order valence-corrected chi connectivity index (χ4v) is 10.3. The number of hydrogen-bond donors (Lipinski definition) is 0. The average Bonchev–Trinajstić information content (AvgIpc) is 3.22. The summed E-state index contributed by atoms with van der Waals surface area (Å²) in [5.74, 6) is -0.191. The zero-order valence-corrected chi connectivity index (χ0v) is 35.3. The van der Waals surface area contributed by atoms with Crippen LogP contribution in [0.3, 0.4) is 0 Å². The molecular formula is C40H37GdN3O14P2+. The summed E-state index contributed by atoms with van der Waals surface area (Å²) in [6, 6.07) is 55.2. The van der Waals surface area contributed by atoms with Crippen LogP contribution >= 0.6 is 14.3 Å². The minimum absolute atomic E-state index is 0. The maximum atomic E-state index is 13.8. The molecule has 3 N–H and O–H groups in total. The number of carbonyl (C=O) groups excluding carboxylic acids is 2. The van der Waals surface area contributed by atoms with Gasteiger partial charge in [-0.1, -0.05) is 182 Å². The van der Waals surface area contributed by atoms with Gasteiger partial charge in [0.05, 0.1) is 27.6 Å². The minimum Gasteiger partial charge on any atom is -0.457 e. The Labute approximate surface area is 375 Å². The van der Waals surface area contributed by atoms with Crippen molar-refractivity contribution < 1.29 is 79.4 Å². The summed E-state index contributed by atoms with van der Waals surface area (Å²) in [6.45, 7) is 0. The van der Waals surface area contributed by atoms with Crippen molar-refractivity contribution in [2.75, 3.05) is 12.3 Å². The molecule has 0 amide bonds. The van der Waals surface area contributed by atoms with Gasteiger partial charge in [-0.2, -0.15) is 0 Å². The third kappa shape index (κ3) is 19.2. The number of hydrogen-bond acceptors (Lipinski definition) is 13. The van der Waals surface area contributed by atoms with Crippen LogP contribution in [0.1, 0.15) is 20.7 Å². The van der Waals surface area contributed by atoms with Crippen LogP contribution in [-0.4, -0.2) is 39.2 Å². The Balaban J connectivity index is 0.000000892. The predicted molar refractivity (Wildman–Crippen MR) is 227 cm³/mol. The number of Topliss-reactive ketones (excluding diaryl/α,β-unsaturated/α-hetero) is 2. The van der Waals surface area contributed by atoms with E-state index in [9.17, 15) is 18.7 Å². The molecule has 0 spiro atoms. The van der Waals surface area contributed by atoms with Crippen LogP contribution in [0.25, 0.3) is 0 Å². The average molecular weight is 1000 g/mol. The van der Waals surface area contributed by atoms with E-state index in [4.69, 9.17) is 46.0 Å². The van der Waals surface area contributed by atoms with E-state index in [1.54, 1.807) is 24.3 Å². The molecule has 0 fully saturated rings. The second kappa shape index (κ2) is 28.4. The molecule has 6 aromatic rings. The van der Waals surface area contributed by atoms with Crippen LogP contribution in [0.2, 0.25) is 0 Å². The third-order valence-corrected chi connectivity index (χ3v) is 13.6. The fourth-order valence-electron chi connectivity index (χ4n) is 5.17. The Morgan fingerprint density at radius 2 is 0.517 bits per heavy atom. The van der Waals surface area contributed by atoms with Gasteiger partial charge in [0, 0.05) is 32.3 Å². The minimum atomic E-state index is -3.00. The molecule has 1 radical (unpaired) electrons. The number of ketones is 2. The van der Waals surface area contributed by atoms with Gasteiger partial charge in [-0.05, 0) is 0 Å². The molecule has 20 heteroatoms. The Kier molecular flexibility index (Phi) is 25.6. The van der Waals surface area contributed by atoms with Crippen molar-refractivity contribution in [1.29, 1.82) is 0 Å². The van der Waals surface area contributed by atoms with Gasteiger partial charge in [0.15, 0.2) is 25.9 Å². The Hall–Kier alpha value is -6.00. The predicted octanol–water partition coefficient (Wildman–Crippen LogP) is 6.13. The molecule has 0 unspecified atom stereocenters. The topological polar surface area (TPSA) is 300 Å². The van der Waals surface area contributed by atoms with Crippen LogP contribution in [0, 0.1) is 85.9 Å². The summed E-state index contributed by atoms with van der Waals surface area (Å²) < 4.78 is 27.6. The van der Waals surface area contributed by atoms with Crippen LogP contribution in [0.4, 0.5) is 0 Å². The van der Waals surface area contributed by atoms with Crippen molar-refractivity contribution in [3.05, 3.63) is 239 Å². The van der Waals surface area contributed by atoms with Gasteiger partial charge in [0.2, 0.25) is 0 Å². The summed E-state index contributed by atoms with van der Waals surface area (Å²) in [4.78, 5) is 50.0. The van der Waals surface area contributed by atoms with E-state index >= 15 is 0 Å². The van der Waals surface area contributed by atoms with Gasteiger partial charge in [-0.3, -0.25) is 9.59 Å². The van der Waals surface area contributed by atoms with Crippen molar-refractivity contribution in [3.8, 4) is 0 Å². The quantitative estimate of drug-likeness (QED) is 0.0491. The zero-order chi connectivity index (χ0) is 43.0. The van der Waals surface area contributed by atoms with Gasteiger partial charge in [-0.25, -0.2) is 0 Å². The van der Waals surface area contributed by atoms with Crippen molar-refractivity contribution in [2.24, 2.45) is 0 Å². The number of benzene rings is 6. The van der Waals surface area contributed by atoms with Crippen molar-refractivity contribution in [3.63, 3.8) is 0 Å². The first-order chi connectivity index (χ1) is 27.6. The molecule has 17 nitrogen and oxygen atoms in total. The molecular weight excluding hydrogens is 966 g/mol. The van der Waals surface area contributed by atoms with Gasteiger partial charge in [0.1, 0.15) is 0 Å². The summed E-state index contributed by atoms with van der Waals surface area (Å²) in [6.07, 6.45) is 0.01000. The van der Waals surface area contributed by atoms with Gasteiger partial charge in [-0.15, -0.1) is 0 Å². The molecule has 0 atom stereocenters. The van der Waals surface area contributed by atoms with Crippen molar-refractivity contribution in [2.45, 2.75) is 0 Å². The molecule has 6 aromatic carbocycles. The smallest absolute Gasteiger partial charge is 0.457 e. The van der Waals surface area contributed by atoms with Crippen LogP contribution in [-0.2, 0) is 14.6 Å². The Morgan fingerprint density at radius 1 is 0.367 bits per heavy atom.